The summed E-state index contributed by atoms with van der Waals surface area (Å²) >= 11 is 7.59. The van der Waals surface area contributed by atoms with Crippen LogP contribution >= 0.6 is 22.9 Å². The van der Waals surface area contributed by atoms with Gasteiger partial charge in [0.1, 0.15) is 17.5 Å². The summed E-state index contributed by atoms with van der Waals surface area (Å²) in [5.41, 5.74) is 0.532. The average Bonchev–Trinajstić information content (AvgIpc) is 3.28. The molecule has 2 aromatic rings. The number of benzene rings is 1. The zero-order chi connectivity index (χ0) is 22.8. The van der Waals surface area contributed by atoms with Crippen LogP contribution in [0.3, 0.4) is 0 Å². The number of non-ortho nitro benzene ring substituents is 1. The SMILES string of the molecule is O=C(Cc1cccs1)NC1C(=O)N2C=C(Cl)C[S+](C(=O)OCc3ccc([N+](=O)[O-])cc3)[C@H]12. The molecule has 4 rings (SSSR count). The fraction of sp³-hybridized carbons (Fsp3) is 0.250. The second-order valence-corrected chi connectivity index (χ2v) is 10.5. The van der Waals surface area contributed by atoms with Gasteiger partial charge in [-0.2, -0.15) is 4.79 Å². The lowest BCUT2D eigenvalue weighted by atomic mass is 10.1. The van der Waals surface area contributed by atoms with E-state index in [-0.39, 0.29) is 36.3 Å². The number of carbonyl (C=O) groups excluding carboxylic acids is 3. The van der Waals surface area contributed by atoms with Crippen molar-refractivity contribution in [3.05, 3.63) is 73.6 Å². The minimum atomic E-state index is -1.08. The number of carbonyl (C=O) groups is 3. The molecule has 0 radical (unpaired) electrons. The number of nitro groups is 1. The Morgan fingerprint density at radius 2 is 2.06 bits per heavy atom. The molecule has 9 nitrogen and oxygen atoms in total. The van der Waals surface area contributed by atoms with Crippen LogP contribution in [0.15, 0.2) is 53.0 Å². The third-order valence-electron chi connectivity index (χ3n) is 4.89. The summed E-state index contributed by atoms with van der Waals surface area (Å²) in [5.74, 6) is -0.409. The highest BCUT2D eigenvalue weighted by Gasteiger charge is 2.63. The molecule has 0 aliphatic carbocycles. The van der Waals surface area contributed by atoms with Gasteiger partial charge in [0, 0.05) is 23.2 Å². The molecule has 2 aliphatic rings. The van der Waals surface area contributed by atoms with Gasteiger partial charge in [0.25, 0.3) is 11.6 Å². The first kappa shape index (κ1) is 22.3. The Hall–Kier alpha value is -2.89. The molecule has 32 heavy (non-hydrogen) atoms. The Balaban J connectivity index is 1.41. The largest absolute Gasteiger partial charge is 0.528 e. The van der Waals surface area contributed by atoms with Gasteiger partial charge < -0.3 is 10.1 Å². The number of nitrogens with one attached hydrogen (secondary N) is 1. The van der Waals surface area contributed by atoms with Gasteiger partial charge in [0.2, 0.25) is 11.3 Å². The second kappa shape index (κ2) is 9.31. The third kappa shape index (κ3) is 4.64. The molecular weight excluding hydrogens is 478 g/mol. The highest BCUT2D eigenvalue weighted by Crippen LogP contribution is 2.35. The van der Waals surface area contributed by atoms with Gasteiger partial charge >= 0.3 is 5.30 Å². The Kier molecular flexibility index (Phi) is 6.49. The van der Waals surface area contributed by atoms with Crippen molar-refractivity contribution in [3.63, 3.8) is 0 Å². The zero-order valence-corrected chi connectivity index (χ0v) is 18.8. The minimum absolute atomic E-state index is 0.0593. The van der Waals surface area contributed by atoms with Gasteiger partial charge in [-0.05, 0) is 29.1 Å². The van der Waals surface area contributed by atoms with Crippen LogP contribution in [0, 0.1) is 10.1 Å². The molecule has 1 fully saturated rings. The van der Waals surface area contributed by atoms with Gasteiger partial charge in [0.15, 0.2) is 11.8 Å². The minimum Gasteiger partial charge on any atom is -0.421 e. The van der Waals surface area contributed by atoms with Crippen LogP contribution in [-0.2, 0) is 38.2 Å². The van der Waals surface area contributed by atoms with Crippen molar-refractivity contribution in [2.75, 3.05) is 5.75 Å². The summed E-state index contributed by atoms with van der Waals surface area (Å²) in [7, 11) is -1.08. The van der Waals surface area contributed by atoms with Crippen LogP contribution in [0.5, 0.6) is 0 Å². The number of hydrogen-bond acceptors (Lipinski definition) is 7. The van der Waals surface area contributed by atoms with Gasteiger partial charge in [-0.25, -0.2) is 0 Å². The van der Waals surface area contributed by atoms with Crippen molar-refractivity contribution in [3.8, 4) is 0 Å². The van der Waals surface area contributed by atoms with Gasteiger partial charge in [-0.3, -0.25) is 24.6 Å². The van der Waals surface area contributed by atoms with Gasteiger partial charge in [0.05, 0.1) is 16.4 Å². The van der Waals surface area contributed by atoms with E-state index in [1.807, 2.05) is 17.5 Å². The highest BCUT2D eigenvalue weighted by molar-refractivity contribution is 8.11. The number of amides is 2. The predicted octanol–water partition coefficient (Wildman–Crippen LogP) is 2.90. The number of nitrogens with zero attached hydrogens (tertiary/aromatic N) is 2. The number of rotatable bonds is 6. The molecule has 1 aromatic heterocycles. The third-order valence-corrected chi connectivity index (χ3v) is 8.41. The standard InChI is InChI=1S/C20H16ClN3O6S2/c21-13-9-23-18(26)17(22-16(25)8-15-2-1-7-31-15)19(23)32(11-13)20(27)30-10-12-3-5-14(6-4-12)24(28)29/h1-7,9,17,19H,8,10-11H2/p+1/t17?,19-,32?/m1/s1. The van der Waals surface area contributed by atoms with Crippen molar-refractivity contribution in [1.29, 1.82) is 0 Å². The lowest BCUT2D eigenvalue weighted by Crippen LogP contribution is -2.73. The number of fused-ring (bicyclic) bond motifs is 1. The van der Waals surface area contributed by atoms with E-state index in [9.17, 15) is 24.5 Å². The maximum absolute atomic E-state index is 12.8. The van der Waals surface area contributed by atoms with E-state index in [0.29, 0.717) is 10.6 Å². The molecule has 3 heterocycles. The highest BCUT2D eigenvalue weighted by atomic mass is 35.5. The molecule has 2 amide bonds. The van der Waals surface area contributed by atoms with Crippen LogP contribution in [-0.4, -0.2) is 44.1 Å². The molecule has 166 valence electrons. The fourth-order valence-electron chi connectivity index (χ4n) is 3.37. The average molecular weight is 495 g/mol. The number of β-lactam (4-membered cyclic amide) rings is 1. The first-order valence-corrected chi connectivity index (χ1v) is 12.1. The molecule has 12 heteroatoms. The Morgan fingerprint density at radius 3 is 2.72 bits per heavy atom. The molecular formula is C20H17ClN3O6S2+. The predicted molar refractivity (Wildman–Crippen MR) is 120 cm³/mol. The number of nitro benzene ring substituents is 1. The zero-order valence-electron chi connectivity index (χ0n) is 16.4. The number of hydrogen-bond donors (Lipinski definition) is 1. The van der Waals surface area contributed by atoms with Gasteiger partial charge in [-0.15, -0.1) is 11.3 Å². The second-order valence-electron chi connectivity index (χ2n) is 7.05. The van der Waals surface area contributed by atoms with E-state index in [0.717, 1.165) is 4.88 Å². The van der Waals surface area contributed by atoms with E-state index < -0.39 is 32.5 Å². The Morgan fingerprint density at radius 1 is 1.31 bits per heavy atom. The molecule has 2 unspecified atom stereocenters. The summed E-state index contributed by atoms with van der Waals surface area (Å²) in [5, 5.41) is 14.6. The van der Waals surface area contributed by atoms with Crippen LogP contribution in [0.4, 0.5) is 10.5 Å². The number of ether oxygens (including phenoxy) is 1. The van der Waals surface area contributed by atoms with Crippen LogP contribution in [0.25, 0.3) is 0 Å². The smallest absolute Gasteiger partial charge is 0.421 e. The normalized spacial score (nSPS) is 21.8. The molecule has 1 N–H and O–H groups in total. The summed E-state index contributed by atoms with van der Waals surface area (Å²) in [4.78, 5) is 50.2. The van der Waals surface area contributed by atoms with Crippen molar-refractivity contribution >= 4 is 56.6 Å². The van der Waals surface area contributed by atoms with Gasteiger partial charge in [-0.1, -0.05) is 17.7 Å². The summed E-state index contributed by atoms with van der Waals surface area (Å²) in [6.45, 7) is -0.0717. The van der Waals surface area contributed by atoms with Crippen LogP contribution in [0.1, 0.15) is 10.4 Å². The molecule has 0 saturated carbocycles. The summed E-state index contributed by atoms with van der Waals surface area (Å²) in [6, 6.07) is 8.54. The monoisotopic (exact) mass is 494 g/mol. The molecule has 0 spiro atoms. The summed E-state index contributed by atoms with van der Waals surface area (Å²) in [6.07, 6.45) is 1.65. The quantitative estimate of drug-likeness (QED) is 0.217. The van der Waals surface area contributed by atoms with E-state index in [4.69, 9.17) is 16.3 Å². The molecule has 1 saturated heterocycles. The van der Waals surface area contributed by atoms with E-state index >= 15 is 0 Å². The Bertz CT molecular complexity index is 1090. The van der Waals surface area contributed by atoms with Crippen molar-refractivity contribution < 1.29 is 24.0 Å². The maximum atomic E-state index is 12.8. The van der Waals surface area contributed by atoms with E-state index in [1.54, 1.807) is 0 Å². The molecule has 2 aliphatic heterocycles. The number of halogens is 1. The fourth-order valence-corrected chi connectivity index (χ4v) is 6.55. The maximum Gasteiger partial charge on any atom is 0.528 e. The first-order chi connectivity index (χ1) is 15.3. The topological polar surface area (TPSA) is 119 Å². The number of thiophene rings is 1. The van der Waals surface area contributed by atoms with Crippen molar-refractivity contribution in [2.24, 2.45) is 0 Å². The first-order valence-electron chi connectivity index (χ1n) is 9.43. The van der Waals surface area contributed by atoms with Crippen molar-refractivity contribution in [2.45, 2.75) is 24.4 Å². The summed E-state index contributed by atoms with van der Waals surface area (Å²) < 4.78 is 5.41. The van der Waals surface area contributed by atoms with Crippen LogP contribution < -0.4 is 5.32 Å². The van der Waals surface area contributed by atoms with E-state index in [1.165, 1.54) is 46.7 Å². The van der Waals surface area contributed by atoms with Crippen molar-refractivity contribution in [1.82, 2.24) is 10.2 Å². The molecule has 3 atom stereocenters. The Labute approximate surface area is 194 Å². The lowest BCUT2D eigenvalue weighted by Gasteiger charge is -2.43. The molecule has 1 aromatic carbocycles. The lowest BCUT2D eigenvalue weighted by molar-refractivity contribution is -0.384. The van der Waals surface area contributed by atoms with Crippen LogP contribution in [0.2, 0.25) is 0 Å². The van der Waals surface area contributed by atoms with E-state index in [2.05, 4.69) is 5.32 Å². The molecule has 0 bridgehead atoms.